The van der Waals surface area contributed by atoms with E-state index in [1.165, 1.54) is 11.3 Å². The summed E-state index contributed by atoms with van der Waals surface area (Å²) >= 11 is 1.47. The molecule has 0 N–H and O–H groups in total. The molecule has 3 atom stereocenters. The molecule has 0 unspecified atom stereocenters. The number of carbonyl (C=O) groups is 1. The fraction of sp³-hybridized carbons (Fsp3) is 0.667. The standard InChI is InChI=1S/C15H21NO3S/c1-3-18-13-5-7-20-14(13)15(17)16-6-4-12-11(9-16)8-10(2)19-12/h5,7,10-12H,3-4,6,8-9H2,1-2H3/t10-,11-,12-/m1/s1. The van der Waals surface area contributed by atoms with Crippen molar-refractivity contribution in [1.29, 1.82) is 0 Å². The smallest absolute Gasteiger partial charge is 0.267 e. The molecule has 0 bridgehead atoms. The Balaban J connectivity index is 1.70. The number of nitrogens with zero attached hydrogens (tertiary/aromatic N) is 1. The average Bonchev–Trinajstić information content (AvgIpc) is 3.02. The third-order valence-electron chi connectivity index (χ3n) is 4.12. The molecule has 3 heterocycles. The van der Waals surface area contributed by atoms with Crippen molar-refractivity contribution >= 4 is 17.2 Å². The summed E-state index contributed by atoms with van der Waals surface area (Å²) in [5, 5.41) is 1.92. The molecule has 1 aromatic rings. The van der Waals surface area contributed by atoms with E-state index in [0.29, 0.717) is 24.7 Å². The summed E-state index contributed by atoms with van der Waals surface area (Å²) in [5.41, 5.74) is 0. The lowest BCUT2D eigenvalue weighted by atomic mass is 9.93. The van der Waals surface area contributed by atoms with E-state index in [1.807, 2.05) is 23.3 Å². The molecule has 1 amide bonds. The Morgan fingerprint density at radius 2 is 2.45 bits per heavy atom. The fourth-order valence-corrected chi connectivity index (χ4v) is 4.05. The molecule has 110 valence electrons. The molecule has 4 nitrogen and oxygen atoms in total. The first-order valence-electron chi connectivity index (χ1n) is 7.34. The topological polar surface area (TPSA) is 38.8 Å². The van der Waals surface area contributed by atoms with Gasteiger partial charge in [0.1, 0.15) is 10.6 Å². The third-order valence-corrected chi connectivity index (χ3v) is 5.00. The van der Waals surface area contributed by atoms with Crippen molar-refractivity contribution in [3.05, 3.63) is 16.3 Å². The molecule has 0 aliphatic carbocycles. The molecule has 5 heteroatoms. The number of hydrogen-bond donors (Lipinski definition) is 0. The fourth-order valence-electron chi connectivity index (χ4n) is 3.25. The molecule has 2 aliphatic heterocycles. The van der Waals surface area contributed by atoms with Crippen molar-refractivity contribution < 1.29 is 14.3 Å². The minimum Gasteiger partial charge on any atom is -0.492 e. The van der Waals surface area contributed by atoms with E-state index in [1.54, 1.807) is 0 Å². The highest BCUT2D eigenvalue weighted by Crippen LogP contribution is 2.34. The highest BCUT2D eigenvalue weighted by atomic mass is 32.1. The Kier molecular flexibility index (Phi) is 3.98. The number of amides is 1. The minimum atomic E-state index is 0.112. The zero-order valence-corrected chi connectivity index (χ0v) is 12.8. The van der Waals surface area contributed by atoms with Gasteiger partial charge in [-0.2, -0.15) is 0 Å². The van der Waals surface area contributed by atoms with Gasteiger partial charge in [-0.1, -0.05) is 0 Å². The van der Waals surface area contributed by atoms with Gasteiger partial charge in [0.05, 0.1) is 18.8 Å². The van der Waals surface area contributed by atoms with Crippen molar-refractivity contribution in [3.8, 4) is 5.75 Å². The lowest BCUT2D eigenvalue weighted by Gasteiger charge is -2.34. The Bertz CT molecular complexity index is 487. The van der Waals surface area contributed by atoms with Crippen LogP contribution in [0.1, 0.15) is 36.4 Å². The van der Waals surface area contributed by atoms with E-state index in [2.05, 4.69) is 6.92 Å². The van der Waals surface area contributed by atoms with Crippen LogP contribution in [-0.4, -0.2) is 42.7 Å². The molecule has 3 rings (SSSR count). The minimum absolute atomic E-state index is 0.112. The predicted molar refractivity (Wildman–Crippen MR) is 78.5 cm³/mol. The number of carbonyl (C=O) groups excluding carboxylic acids is 1. The van der Waals surface area contributed by atoms with Gasteiger partial charge < -0.3 is 14.4 Å². The molecule has 0 saturated carbocycles. The van der Waals surface area contributed by atoms with Crippen LogP contribution in [0.5, 0.6) is 5.75 Å². The summed E-state index contributed by atoms with van der Waals surface area (Å²) in [6.45, 7) is 6.26. The van der Waals surface area contributed by atoms with Gasteiger partial charge >= 0.3 is 0 Å². The van der Waals surface area contributed by atoms with Gasteiger partial charge in [0.25, 0.3) is 5.91 Å². The second-order valence-electron chi connectivity index (χ2n) is 5.57. The van der Waals surface area contributed by atoms with Crippen molar-refractivity contribution in [1.82, 2.24) is 4.90 Å². The van der Waals surface area contributed by atoms with Gasteiger partial charge in [-0.15, -0.1) is 11.3 Å². The van der Waals surface area contributed by atoms with Crippen LogP contribution in [0.4, 0.5) is 0 Å². The molecule has 0 aromatic carbocycles. The lowest BCUT2D eigenvalue weighted by Crippen LogP contribution is -2.44. The quantitative estimate of drug-likeness (QED) is 0.860. The number of ether oxygens (including phenoxy) is 2. The number of fused-ring (bicyclic) bond motifs is 1. The summed E-state index contributed by atoms with van der Waals surface area (Å²) < 4.78 is 11.4. The number of rotatable bonds is 3. The summed E-state index contributed by atoms with van der Waals surface area (Å²) in [4.78, 5) is 15.3. The van der Waals surface area contributed by atoms with Crippen LogP contribution < -0.4 is 4.74 Å². The second kappa shape index (κ2) is 5.74. The van der Waals surface area contributed by atoms with Gasteiger partial charge in [-0.05, 0) is 38.1 Å². The summed E-state index contributed by atoms with van der Waals surface area (Å²) in [7, 11) is 0. The SMILES string of the molecule is CCOc1ccsc1C(=O)N1CC[C@H]2O[C@H](C)C[C@@H]2C1. The van der Waals surface area contributed by atoms with Crippen molar-refractivity contribution in [3.63, 3.8) is 0 Å². The molecular weight excluding hydrogens is 274 g/mol. The maximum absolute atomic E-state index is 12.6. The highest BCUT2D eigenvalue weighted by molar-refractivity contribution is 7.12. The lowest BCUT2D eigenvalue weighted by molar-refractivity contribution is 0.00871. The van der Waals surface area contributed by atoms with E-state index in [4.69, 9.17) is 9.47 Å². The van der Waals surface area contributed by atoms with Crippen LogP contribution >= 0.6 is 11.3 Å². The molecular formula is C15H21NO3S. The highest BCUT2D eigenvalue weighted by Gasteiger charge is 2.39. The van der Waals surface area contributed by atoms with E-state index in [-0.39, 0.29) is 5.91 Å². The number of hydrogen-bond acceptors (Lipinski definition) is 4. The molecule has 20 heavy (non-hydrogen) atoms. The molecule has 1 aromatic heterocycles. The van der Waals surface area contributed by atoms with Gasteiger partial charge in [0.2, 0.25) is 0 Å². The normalized spacial score (nSPS) is 29.3. The largest absolute Gasteiger partial charge is 0.492 e. The first kappa shape index (κ1) is 13.9. The number of thiophene rings is 1. The van der Waals surface area contributed by atoms with Gasteiger partial charge in [0, 0.05) is 19.0 Å². The summed E-state index contributed by atoms with van der Waals surface area (Å²) in [6.07, 6.45) is 2.71. The second-order valence-corrected chi connectivity index (χ2v) is 6.48. The molecule has 2 fully saturated rings. The monoisotopic (exact) mass is 295 g/mol. The van der Waals surface area contributed by atoms with E-state index >= 15 is 0 Å². The summed E-state index contributed by atoms with van der Waals surface area (Å²) in [6, 6.07) is 1.88. The van der Waals surface area contributed by atoms with Crippen LogP contribution in [0.3, 0.4) is 0 Å². The predicted octanol–water partition coefficient (Wildman–Crippen LogP) is 2.79. The number of likely N-dealkylation sites (tertiary alicyclic amines) is 1. The van der Waals surface area contributed by atoms with Crippen molar-refractivity contribution in [2.24, 2.45) is 5.92 Å². The van der Waals surface area contributed by atoms with Gasteiger partial charge in [-0.3, -0.25) is 4.79 Å². The number of piperidine rings is 1. The first-order chi connectivity index (χ1) is 9.69. The Labute approximate surface area is 123 Å². The van der Waals surface area contributed by atoms with Crippen LogP contribution in [0, 0.1) is 5.92 Å². The van der Waals surface area contributed by atoms with E-state index < -0.39 is 0 Å². The maximum atomic E-state index is 12.6. The average molecular weight is 295 g/mol. The first-order valence-corrected chi connectivity index (χ1v) is 8.22. The Morgan fingerprint density at radius 1 is 1.60 bits per heavy atom. The van der Waals surface area contributed by atoms with Crippen molar-refractivity contribution in [2.75, 3.05) is 19.7 Å². The Morgan fingerprint density at radius 3 is 3.25 bits per heavy atom. The third kappa shape index (κ3) is 2.56. The molecule has 0 radical (unpaired) electrons. The van der Waals surface area contributed by atoms with Crippen LogP contribution in [0.2, 0.25) is 0 Å². The van der Waals surface area contributed by atoms with Crippen LogP contribution in [0.15, 0.2) is 11.4 Å². The maximum Gasteiger partial charge on any atom is 0.267 e. The van der Waals surface area contributed by atoms with Crippen LogP contribution in [0.25, 0.3) is 0 Å². The van der Waals surface area contributed by atoms with Gasteiger partial charge in [-0.25, -0.2) is 0 Å². The summed E-state index contributed by atoms with van der Waals surface area (Å²) in [5.74, 6) is 1.33. The van der Waals surface area contributed by atoms with E-state index in [0.717, 1.165) is 36.6 Å². The molecule has 0 spiro atoms. The van der Waals surface area contributed by atoms with Gasteiger partial charge in [0.15, 0.2) is 0 Å². The zero-order valence-electron chi connectivity index (χ0n) is 12.0. The van der Waals surface area contributed by atoms with Crippen LogP contribution in [-0.2, 0) is 4.74 Å². The van der Waals surface area contributed by atoms with E-state index in [9.17, 15) is 4.79 Å². The zero-order chi connectivity index (χ0) is 14.1. The molecule has 2 saturated heterocycles. The Hall–Kier alpha value is -1.07. The van der Waals surface area contributed by atoms with Crippen molar-refractivity contribution in [2.45, 2.75) is 38.9 Å². The molecule has 2 aliphatic rings.